The van der Waals surface area contributed by atoms with Gasteiger partial charge in [0.2, 0.25) is 5.91 Å². The highest BCUT2D eigenvalue weighted by Gasteiger charge is 2.16. The molecule has 28 heavy (non-hydrogen) atoms. The molecule has 0 saturated carbocycles. The minimum Gasteiger partial charge on any atom is -0.356 e. The molecule has 6 nitrogen and oxygen atoms in total. The summed E-state index contributed by atoms with van der Waals surface area (Å²) in [5, 5.41) is 6.92. The van der Waals surface area contributed by atoms with E-state index in [0.29, 0.717) is 18.7 Å². The Morgan fingerprint density at radius 3 is 2.57 bits per heavy atom. The normalized spacial score (nSPS) is 11.0. The van der Waals surface area contributed by atoms with Crippen molar-refractivity contribution in [2.45, 2.75) is 53.0 Å². The predicted octanol–water partition coefficient (Wildman–Crippen LogP) is 4.65. The number of hydrogen-bond donors (Lipinski definition) is 1. The third kappa shape index (κ3) is 4.63. The minimum absolute atomic E-state index is 0.0759. The van der Waals surface area contributed by atoms with Crippen LogP contribution in [0.4, 0.5) is 0 Å². The molecule has 0 aliphatic carbocycles. The van der Waals surface area contributed by atoms with Crippen LogP contribution in [0.1, 0.15) is 56.6 Å². The average molecular weight is 378 g/mol. The standard InChI is InChI=1S/C22H26N4O2/c1-5-6-20(27)23-12-16-7-9-17(10-8-16)21-18(19-11-15(4)26-28-19)13-24-22(25-21)14(2)3/h7-11,13-14H,5-6,12H2,1-4H3,(H,23,27). The van der Waals surface area contributed by atoms with Crippen LogP contribution in [0, 0.1) is 6.92 Å². The summed E-state index contributed by atoms with van der Waals surface area (Å²) in [6.07, 6.45) is 3.20. The number of nitrogens with zero attached hydrogens (tertiary/aromatic N) is 3. The first-order valence-electron chi connectivity index (χ1n) is 9.64. The van der Waals surface area contributed by atoms with Crippen molar-refractivity contribution < 1.29 is 9.32 Å². The number of carbonyl (C=O) groups excluding carboxylic acids is 1. The van der Waals surface area contributed by atoms with Gasteiger partial charge in [-0.25, -0.2) is 9.97 Å². The number of rotatable bonds is 7. The van der Waals surface area contributed by atoms with E-state index in [1.54, 1.807) is 6.20 Å². The number of aromatic nitrogens is 3. The van der Waals surface area contributed by atoms with Gasteiger partial charge in [0.1, 0.15) is 5.82 Å². The van der Waals surface area contributed by atoms with Gasteiger partial charge in [-0.1, -0.05) is 50.2 Å². The molecular weight excluding hydrogens is 352 g/mol. The number of aryl methyl sites for hydroxylation is 1. The first-order chi connectivity index (χ1) is 13.5. The van der Waals surface area contributed by atoms with Crippen LogP contribution in [0.5, 0.6) is 0 Å². The molecule has 0 fully saturated rings. The van der Waals surface area contributed by atoms with Crippen LogP contribution in [0.2, 0.25) is 0 Å². The summed E-state index contributed by atoms with van der Waals surface area (Å²) in [6, 6.07) is 9.93. The fourth-order valence-electron chi connectivity index (χ4n) is 2.86. The van der Waals surface area contributed by atoms with E-state index in [2.05, 4.69) is 29.3 Å². The molecular formula is C22H26N4O2. The molecule has 0 aliphatic rings. The molecule has 0 unspecified atom stereocenters. The number of nitrogens with one attached hydrogen (secondary N) is 1. The minimum atomic E-state index is 0.0759. The van der Waals surface area contributed by atoms with E-state index in [9.17, 15) is 4.79 Å². The lowest BCUT2D eigenvalue weighted by Crippen LogP contribution is -2.21. The Morgan fingerprint density at radius 2 is 1.96 bits per heavy atom. The molecule has 2 aromatic heterocycles. The van der Waals surface area contributed by atoms with Crippen molar-refractivity contribution in [2.24, 2.45) is 0 Å². The fraction of sp³-hybridized carbons (Fsp3) is 0.364. The molecule has 1 amide bonds. The number of hydrogen-bond acceptors (Lipinski definition) is 5. The van der Waals surface area contributed by atoms with Gasteiger partial charge in [-0.3, -0.25) is 4.79 Å². The average Bonchev–Trinajstić information content (AvgIpc) is 3.12. The van der Waals surface area contributed by atoms with E-state index < -0.39 is 0 Å². The van der Waals surface area contributed by atoms with Gasteiger partial charge in [0, 0.05) is 36.7 Å². The first-order valence-corrected chi connectivity index (χ1v) is 9.64. The van der Waals surface area contributed by atoms with Crippen molar-refractivity contribution in [3.63, 3.8) is 0 Å². The highest BCUT2D eigenvalue weighted by molar-refractivity contribution is 5.78. The van der Waals surface area contributed by atoms with Crippen molar-refractivity contribution in [1.82, 2.24) is 20.4 Å². The predicted molar refractivity (Wildman–Crippen MR) is 109 cm³/mol. The molecule has 0 spiro atoms. The molecule has 0 radical (unpaired) electrons. The Balaban J connectivity index is 1.90. The summed E-state index contributed by atoms with van der Waals surface area (Å²) >= 11 is 0. The molecule has 146 valence electrons. The summed E-state index contributed by atoms with van der Waals surface area (Å²) in [7, 11) is 0. The maximum atomic E-state index is 11.7. The summed E-state index contributed by atoms with van der Waals surface area (Å²) in [6.45, 7) is 8.54. The van der Waals surface area contributed by atoms with E-state index in [0.717, 1.165) is 40.3 Å². The van der Waals surface area contributed by atoms with Gasteiger partial charge in [-0.15, -0.1) is 0 Å². The zero-order valence-corrected chi connectivity index (χ0v) is 16.8. The second kappa shape index (κ2) is 8.78. The molecule has 0 aliphatic heterocycles. The lowest BCUT2D eigenvalue weighted by molar-refractivity contribution is -0.121. The van der Waals surface area contributed by atoms with Crippen molar-refractivity contribution in [2.75, 3.05) is 0 Å². The lowest BCUT2D eigenvalue weighted by Gasteiger charge is -2.11. The number of benzene rings is 1. The maximum absolute atomic E-state index is 11.7. The van der Waals surface area contributed by atoms with Gasteiger partial charge in [0.15, 0.2) is 5.76 Å². The number of amides is 1. The van der Waals surface area contributed by atoms with Gasteiger partial charge in [0.25, 0.3) is 0 Å². The van der Waals surface area contributed by atoms with Crippen molar-refractivity contribution in [1.29, 1.82) is 0 Å². The zero-order chi connectivity index (χ0) is 20.1. The van der Waals surface area contributed by atoms with Crippen molar-refractivity contribution >= 4 is 5.91 Å². The van der Waals surface area contributed by atoms with Gasteiger partial charge >= 0.3 is 0 Å². The highest BCUT2D eigenvalue weighted by atomic mass is 16.5. The monoisotopic (exact) mass is 378 g/mol. The van der Waals surface area contributed by atoms with Crippen LogP contribution in [-0.4, -0.2) is 21.0 Å². The second-order valence-electron chi connectivity index (χ2n) is 7.20. The van der Waals surface area contributed by atoms with E-state index in [4.69, 9.17) is 9.51 Å². The van der Waals surface area contributed by atoms with Gasteiger partial charge in [0.05, 0.1) is 17.0 Å². The molecule has 3 rings (SSSR count). The summed E-state index contributed by atoms with van der Waals surface area (Å²) in [5.41, 5.74) is 4.46. The Bertz CT molecular complexity index is 945. The Hall–Kier alpha value is -3.02. The second-order valence-corrected chi connectivity index (χ2v) is 7.20. The molecule has 2 heterocycles. The van der Waals surface area contributed by atoms with Crippen LogP contribution in [-0.2, 0) is 11.3 Å². The lowest BCUT2D eigenvalue weighted by atomic mass is 10.0. The highest BCUT2D eigenvalue weighted by Crippen LogP contribution is 2.31. The Morgan fingerprint density at radius 1 is 1.21 bits per heavy atom. The van der Waals surface area contributed by atoms with Gasteiger partial charge in [-0.2, -0.15) is 0 Å². The van der Waals surface area contributed by atoms with Crippen LogP contribution in [0.15, 0.2) is 41.1 Å². The van der Waals surface area contributed by atoms with Gasteiger partial charge in [-0.05, 0) is 18.9 Å². The SMILES string of the molecule is CCCC(=O)NCc1ccc(-c2nc(C(C)C)ncc2-c2cc(C)no2)cc1. The fourth-order valence-corrected chi connectivity index (χ4v) is 2.86. The smallest absolute Gasteiger partial charge is 0.220 e. The van der Waals surface area contributed by atoms with E-state index in [1.165, 1.54) is 0 Å². The van der Waals surface area contributed by atoms with Crippen molar-refractivity contribution in [3.05, 3.63) is 53.6 Å². The summed E-state index contributed by atoms with van der Waals surface area (Å²) in [5.74, 6) is 1.73. The third-order valence-corrected chi connectivity index (χ3v) is 4.41. The van der Waals surface area contributed by atoms with Crippen molar-refractivity contribution in [3.8, 4) is 22.6 Å². The van der Waals surface area contributed by atoms with Crippen LogP contribution in [0.25, 0.3) is 22.6 Å². The van der Waals surface area contributed by atoms with E-state index >= 15 is 0 Å². The topological polar surface area (TPSA) is 80.9 Å². The summed E-state index contributed by atoms with van der Waals surface area (Å²) < 4.78 is 5.45. The molecule has 1 N–H and O–H groups in total. The number of carbonyl (C=O) groups is 1. The zero-order valence-electron chi connectivity index (χ0n) is 16.8. The quantitative estimate of drug-likeness (QED) is 0.647. The largest absolute Gasteiger partial charge is 0.356 e. The third-order valence-electron chi connectivity index (χ3n) is 4.41. The first kappa shape index (κ1) is 19.7. The molecule has 1 aromatic carbocycles. The molecule has 0 saturated heterocycles. The van der Waals surface area contributed by atoms with E-state index in [-0.39, 0.29) is 11.8 Å². The van der Waals surface area contributed by atoms with Crippen LogP contribution >= 0.6 is 0 Å². The van der Waals surface area contributed by atoms with Crippen LogP contribution < -0.4 is 5.32 Å². The Labute approximate surface area is 165 Å². The van der Waals surface area contributed by atoms with Gasteiger partial charge < -0.3 is 9.84 Å². The maximum Gasteiger partial charge on any atom is 0.220 e. The molecule has 0 bridgehead atoms. The Kier molecular flexibility index (Phi) is 6.19. The molecule has 6 heteroatoms. The molecule has 3 aromatic rings. The summed E-state index contributed by atoms with van der Waals surface area (Å²) in [4.78, 5) is 20.9. The van der Waals surface area contributed by atoms with Crippen LogP contribution in [0.3, 0.4) is 0 Å². The van der Waals surface area contributed by atoms with E-state index in [1.807, 2.05) is 44.2 Å². The molecule has 0 atom stereocenters.